The molecular weight excluding hydrogens is 328 g/mol. The molecular formula is C21H34O3Si. The molecule has 0 amide bonds. The van der Waals surface area contributed by atoms with Gasteiger partial charge in [-0.15, -0.1) is 6.42 Å². The van der Waals surface area contributed by atoms with Crippen molar-refractivity contribution in [1.29, 1.82) is 0 Å². The topological polar surface area (TPSA) is 38.7 Å². The molecule has 0 saturated heterocycles. The molecule has 4 heteroatoms. The van der Waals surface area contributed by atoms with Crippen LogP contribution in [0.4, 0.5) is 0 Å². The first-order valence-corrected chi connectivity index (χ1v) is 11.9. The molecule has 0 aliphatic rings. The normalized spacial score (nSPS) is 16.1. The lowest BCUT2D eigenvalue weighted by molar-refractivity contribution is 0.0172. The van der Waals surface area contributed by atoms with Crippen LogP contribution in [0.1, 0.15) is 33.3 Å². The molecule has 0 heterocycles. The van der Waals surface area contributed by atoms with Crippen LogP contribution in [0, 0.1) is 24.2 Å². The Labute approximate surface area is 154 Å². The minimum atomic E-state index is -1.96. The van der Waals surface area contributed by atoms with E-state index in [9.17, 15) is 5.11 Å². The van der Waals surface area contributed by atoms with Gasteiger partial charge in [-0.05, 0) is 29.6 Å². The Balaban J connectivity index is 2.65. The summed E-state index contributed by atoms with van der Waals surface area (Å²) in [5.74, 6) is 2.78. The Kier molecular flexibility index (Phi) is 8.36. The summed E-state index contributed by atoms with van der Waals surface area (Å²) in [4.78, 5) is 0. The number of aliphatic hydroxyl groups excluding tert-OH is 1. The van der Waals surface area contributed by atoms with Crippen LogP contribution in [0.3, 0.4) is 0 Å². The van der Waals surface area contributed by atoms with Gasteiger partial charge in [-0.25, -0.2) is 0 Å². The highest BCUT2D eigenvalue weighted by atomic mass is 28.4. The zero-order chi connectivity index (χ0) is 19.1. The molecule has 0 aromatic heterocycles. The molecule has 0 bridgehead atoms. The second kappa shape index (κ2) is 9.54. The highest BCUT2D eigenvalue weighted by Crippen LogP contribution is 2.38. The number of hydrogen-bond acceptors (Lipinski definition) is 3. The molecule has 0 saturated carbocycles. The van der Waals surface area contributed by atoms with Gasteiger partial charge in [-0.1, -0.05) is 63.9 Å². The molecule has 1 aromatic carbocycles. The lowest BCUT2D eigenvalue weighted by Crippen LogP contribution is -2.46. The third-order valence-corrected chi connectivity index (χ3v) is 9.75. The van der Waals surface area contributed by atoms with Gasteiger partial charge in [-0.3, -0.25) is 0 Å². The van der Waals surface area contributed by atoms with Crippen LogP contribution in [0.15, 0.2) is 30.3 Å². The quantitative estimate of drug-likeness (QED) is 0.520. The van der Waals surface area contributed by atoms with E-state index in [0.717, 1.165) is 5.56 Å². The third-order valence-electron chi connectivity index (χ3n) is 5.29. The van der Waals surface area contributed by atoms with E-state index in [2.05, 4.69) is 39.8 Å². The molecule has 0 radical (unpaired) electrons. The summed E-state index contributed by atoms with van der Waals surface area (Å²) >= 11 is 0. The lowest BCUT2D eigenvalue weighted by atomic mass is 9.90. The molecule has 0 spiro atoms. The van der Waals surface area contributed by atoms with E-state index in [1.165, 1.54) is 0 Å². The van der Waals surface area contributed by atoms with E-state index < -0.39 is 8.32 Å². The lowest BCUT2D eigenvalue weighted by Gasteiger charge is -2.40. The van der Waals surface area contributed by atoms with Crippen molar-refractivity contribution in [3.63, 3.8) is 0 Å². The monoisotopic (exact) mass is 362 g/mol. The number of benzene rings is 1. The van der Waals surface area contributed by atoms with Gasteiger partial charge in [0, 0.05) is 12.5 Å². The van der Waals surface area contributed by atoms with Crippen LogP contribution in [0.25, 0.3) is 0 Å². The summed E-state index contributed by atoms with van der Waals surface area (Å²) in [5.41, 5.74) is 1.12. The predicted molar refractivity (Wildman–Crippen MR) is 107 cm³/mol. The number of hydrogen-bond donors (Lipinski definition) is 1. The Morgan fingerprint density at radius 1 is 1.20 bits per heavy atom. The number of aliphatic hydroxyl groups is 1. The predicted octanol–water partition coefficient (Wildman–Crippen LogP) is 4.47. The smallest absolute Gasteiger partial charge is 0.193 e. The highest BCUT2D eigenvalue weighted by molar-refractivity contribution is 6.74. The van der Waals surface area contributed by atoms with E-state index in [1.54, 1.807) is 0 Å². The molecule has 0 fully saturated rings. The van der Waals surface area contributed by atoms with Crippen LogP contribution in [0.2, 0.25) is 18.1 Å². The highest BCUT2D eigenvalue weighted by Gasteiger charge is 2.40. The standard InChI is InChI=1S/C21H34O3Si/c1-8-20(24-25(6,7)21(3,4)5)17(2)19(14-22)16-23-15-18-12-10-9-11-13-18/h1,9-13,17,19-20,22H,14-16H2,2-7H3/t17-,19+,20+/m1/s1. The van der Waals surface area contributed by atoms with E-state index in [-0.39, 0.29) is 29.6 Å². The summed E-state index contributed by atoms with van der Waals surface area (Å²) in [5, 5.41) is 9.90. The van der Waals surface area contributed by atoms with Gasteiger partial charge in [0.25, 0.3) is 0 Å². The zero-order valence-electron chi connectivity index (χ0n) is 16.6. The fraction of sp³-hybridized carbons (Fsp3) is 0.619. The Hall–Kier alpha value is -1.12. The zero-order valence-corrected chi connectivity index (χ0v) is 17.6. The fourth-order valence-electron chi connectivity index (χ4n) is 2.31. The van der Waals surface area contributed by atoms with Crippen molar-refractivity contribution in [1.82, 2.24) is 0 Å². The van der Waals surface area contributed by atoms with Gasteiger partial charge < -0.3 is 14.3 Å². The first-order chi connectivity index (χ1) is 11.6. The van der Waals surface area contributed by atoms with Crippen molar-refractivity contribution in [2.45, 2.75) is 58.5 Å². The summed E-state index contributed by atoms with van der Waals surface area (Å²) in [6.07, 6.45) is 5.45. The Morgan fingerprint density at radius 3 is 2.28 bits per heavy atom. The molecule has 1 N–H and O–H groups in total. The van der Waals surface area contributed by atoms with Gasteiger partial charge >= 0.3 is 0 Å². The summed E-state index contributed by atoms with van der Waals surface area (Å²) in [7, 11) is -1.96. The van der Waals surface area contributed by atoms with Crippen LogP contribution < -0.4 is 0 Å². The second-order valence-electron chi connectivity index (χ2n) is 8.27. The molecule has 25 heavy (non-hydrogen) atoms. The maximum Gasteiger partial charge on any atom is 0.193 e. The molecule has 1 aromatic rings. The maximum absolute atomic E-state index is 9.80. The van der Waals surface area contributed by atoms with Crippen molar-refractivity contribution in [2.24, 2.45) is 11.8 Å². The Bertz CT molecular complexity index is 542. The van der Waals surface area contributed by atoms with Crippen molar-refractivity contribution < 1.29 is 14.3 Å². The molecule has 3 nitrogen and oxygen atoms in total. The third kappa shape index (κ3) is 6.60. The first kappa shape index (κ1) is 21.9. The SMILES string of the molecule is C#C[C@H](O[Si](C)(C)C(C)(C)C)[C@H](C)[C@@H](CO)COCc1ccccc1. The van der Waals surface area contributed by atoms with E-state index >= 15 is 0 Å². The number of rotatable bonds is 9. The van der Waals surface area contributed by atoms with Crippen molar-refractivity contribution >= 4 is 8.32 Å². The number of ether oxygens (including phenoxy) is 1. The van der Waals surface area contributed by atoms with Crippen molar-refractivity contribution in [3.8, 4) is 12.3 Å². The number of terminal acetylenes is 1. The molecule has 0 unspecified atom stereocenters. The van der Waals surface area contributed by atoms with Crippen LogP contribution in [0.5, 0.6) is 0 Å². The minimum absolute atomic E-state index is 0.0277. The molecule has 0 aliphatic heterocycles. The van der Waals surface area contributed by atoms with E-state index in [0.29, 0.717) is 13.2 Å². The van der Waals surface area contributed by atoms with Crippen LogP contribution in [-0.2, 0) is 15.8 Å². The van der Waals surface area contributed by atoms with E-state index in [4.69, 9.17) is 15.6 Å². The van der Waals surface area contributed by atoms with Gasteiger partial charge in [-0.2, -0.15) is 0 Å². The average molecular weight is 363 g/mol. The summed E-state index contributed by atoms with van der Waals surface area (Å²) < 4.78 is 12.2. The molecule has 0 aliphatic carbocycles. The van der Waals surface area contributed by atoms with Crippen LogP contribution >= 0.6 is 0 Å². The van der Waals surface area contributed by atoms with Gasteiger partial charge in [0.2, 0.25) is 0 Å². The molecule has 140 valence electrons. The average Bonchev–Trinajstić information content (AvgIpc) is 2.56. The largest absolute Gasteiger partial charge is 0.403 e. The van der Waals surface area contributed by atoms with Gasteiger partial charge in [0.15, 0.2) is 8.32 Å². The fourth-order valence-corrected chi connectivity index (χ4v) is 3.58. The summed E-state index contributed by atoms with van der Waals surface area (Å²) in [6, 6.07) is 10.0. The molecule has 3 atom stereocenters. The first-order valence-electron chi connectivity index (χ1n) is 8.99. The van der Waals surface area contributed by atoms with Crippen molar-refractivity contribution in [2.75, 3.05) is 13.2 Å². The Morgan fingerprint density at radius 2 is 1.80 bits per heavy atom. The minimum Gasteiger partial charge on any atom is -0.403 e. The van der Waals surface area contributed by atoms with Gasteiger partial charge in [0.1, 0.15) is 6.10 Å². The maximum atomic E-state index is 9.80. The molecule has 1 rings (SSSR count). The van der Waals surface area contributed by atoms with Gasteiger partial charge in [0.05, 0.1) is 13.2 Å². The summed E-state index contributed by atoms with van der Waals surface area (Å²) in [6.45, 7) is 14.1. The van der Waals surface area contributed by atoms with Crippen molar-refractivity contribution in [3.05, 3.63) is 35.9 Å². The van der Waals surface area contributed by atoms with E-state index in [1.807, 2.05) is 37.3 Å². The second-order valence-corrected chi connectivity index (χ2v) is 13.0. The van der Waals surface area contributed by atoms with Crippen LogP contribution in [-0.4, -0.2) is 32.7 Å².